The predicted octanol–water partition coefficient (Wildman–Crippen LogP) is -5.47. The first-order chi connectivity index (χ1) is 13.6. The summed E-state index contributed by atoms with van der Waals surface area (Å²) in [6.07, 6.45) is -11.2. The summed E-state index contributed by atoms with van der Waals surface area (Å²) in [6.45, 7) is -0.0732. The minimum Gasteiger partial charge on any atom is -0.394 e. The van der Waals surface area contributed by atoms with Gasteiger partial charge in [-0.05, 0) is 0 Å². The molecule has 1 rings (SSSR count). The van der Waals surface area contributed by atoms with Gasteiger partial charge in [-0.25, -0.2) is 0 Å². The van der Waals surface area contributed by atoms with Crippen molar-refractivity contribution >= 4 is 11.8 Å². The fraction of sp³-hybridized carbons (Fsp3) is 0.875. The number of carbonyl (C=O) groups is 2. The number of amides is 2. The number of nitrogens with one attached hydrogen (secondary N) is 2. The van der Waals surface area contributed by atoms with E-state index in [4.69, 9.17) is 14.6 Å². The molecule has 0 saturated carbocycles. The van der Waals surface area contributed by atoms with Crippen LogP contribution in [0.5, 0.6) is 0 Å². The minimum absolute atomic E-state index is 0.602. The van der Waals surface area contributed by atoms with Gasteiger partial charge in [0, 0.05) is 13.8 Å². The lowest BCUT2D eigenvalue weighted by Gasteiger charge is -2.44. The molecule has 1 aliphatic rings. The molecule has 1 saturated heterocycles. The Bertz CT molecular complexity index is 537. The Labute approximate surface area is 166 Å². The second-order valence-electron chi connectivity index (χ2n) is 6.76. The van der Waals surface area contributed by atoms with Crippen molar-refractivity contribution in [2.45, 2.75) is 68.8 Å². The van der Waals surface area contributed by atoms with Gasteiger partial charge in [-0.2, -0.15) is 0 Å². The topological polar surface area (TPSA) is 218 Å². The second-order valence-corrected chi connectivity index (χ2v) is 6.76. The van der Waals surface area contributed by atoms with Crippen LogP contribution < -0.4 is 10.6 Å². The molecule has 0 aromatic carbocycles. The summed E-state index contributed by atoms with van der Waals surface area (Å²) < 4.78 is 11.0. The first kappa shape index (κ1) is 25.6. The summed E-state index contributed by atoms with van der Waals surface area (Å²) in [7, 11) is 0. The number of ether oxygens (including phenoxy) is 2. The molecule has 0 spiro atoms. The molecule has 1 heterocycles. The average molecular weight is 426 g/mol. The van der Waals surface area contributed by atoms with E-state index < -0.39 is 86.6 Å². The van der Waals surface area contributed by atoms with Crippen molar-refractivity contribution in [3.63, 3.8) is 0 Å². The van der Waals surface area contributed by atoms with E-state index in [-0.39, 0.29) is 0 Å². The highest BCUT2D eigenvalue weighted by molar-refractivity contribution is 5.73. The molecule has 1 aliphatic heterocycles. The highest BCUT2D eigenvalue weighted by Gasteiger charge is 2.48. The van der Waals surface area contributed by atoms with E-state index in [1.807, 2.05) is 0 Å². The predicted molar refractivity (Wildman–Crippen MR) is 94.0 cm³/mol. The highest BCUT2D eigenvalue weighted by Crippen LogP contribution is 2.25. The van der Waals surface area contributed by atoms with Crippen LogP contribution in [0.3, 0.4) is 0 Å². The molecule has 29 heavy (non-hydrogen) atoms. The molecule has 13 nitrogen and oxygen atoms in total. The largest absolute Gasteiger partial charge is 0.394 e. The summed E-state index contributed by atoms with van der Waals surface area (Å²) in [4.78, 5) is 22.9. The van der Waals surface area contributed by atoms with Crippen molar-refractivity contribution in [2.75, 3.05) is 19.8 Å². The second kappa shape index (κ2) is 11.7. The summed E-state index contributed by atoms with van der Waals surface area (Å²) in [6, 6.07) is -2.63. The van der Waals surface area contributed by atoms with Gasteiger partial charge >= 0.3 is 0 Å². The van der Waals surface area contributed by atoms with Crippen molar-refractivity contribution in [1.29, 1.82) is 0 Å². The zero-order valence-electron chi connectivity index (χ0n) is 16.1. The fourth-order valence-electron chi connectivity index (χ4n) is 2.97. The maximum absolute atomic E-state index is 11.5. The monoisotopic (exact) mass is 426 g/mol. The minimum atomic E-state index is -1.83. The lowest BCUT2D eigenvalue weighted by atomic mass is 9.96. The first-order valence-corrected chi connectivity index (χ1v) is 8.97. The molecule has 0 radical (unpaired) electrons. The molecular formula is C16H30N2O11. The van der Waals surface area contributed by atoms with Gasteiger partial charge in [-0.1, -0.05) is 0 Å². The number of aliphatic hydroxyl groups excluding tert-OH is 7. The number of rotatable bonds is 10. The zero-order chi connectivity index (χ0) is 22.3. The number of hydrogen-bond donors (Lipinski definition) is 9. The summed E-state index contributed by atoms with van der Waals surface area (Å²) in [5, 5.41) is 73.1. The normalized spacial score (nSPS) is 31.4. The van der Waals surface area contributed by atoms with Crippen LogP contribution in [-0.2, 0) is 19.1 Å². The van der Waals surface area contributed by atoms with Gasteiger partial charge in [0.15, 0.2) is 6.29 Å². The standard InChI is InChI=1S/C16H30N2O11/c1-6(22)17-8(3-19)15(12(25)9(24)4-20)29-16-11(18-7(2)23)14(27)13(26)10(5-21)28-16/h8-16,19-21,24-27H,3-5H2,1-2H3,(H,17,22)(H,18,23)/t8-,9+,10+,11+,12-,13-,14+,15+,16-/m0/s1. The smallest absolute Gasteiger partial charge is 0.217 e. The Morgan fingerprint density at radius 2 is 1.66 bits per heavy atom. The summed E-state index contributed by atoms with van der Waals surface area (Å²) in [5.74, 6) is -1.22. The van der Waals surface area contributed by atoms with E-state index in [0.29, 0.717) is 0 Å². The molecule has 2 amide bonds. The number of aliphatic hydroxyl groups is 7. The van der Waals surface area contributed by atoms with E-state index in [1.165, 1.54) is 0 Å². The lowest BCUT2D eigenvalue weighted by molar-refractivity contribution is -0.295. The van der Waals surface area contributed by atoms with Crippen LogP contribution in [0.4, 0.5) is 0 Å². The Hall–Kier alpha value is -1.42. The van der Waals surface area contributed by atoms with E-state index in [0.717, 1.165) is 13.8 Å². The third-order valence-corrected chi connectivity index (χ3v) is 4.44. The van der Waals surface area contributed by atoms with E-state index >= 15 is 0 Å². The quantitative estimate of drug-likeness (QED) is 0.160. The van der Waals surface area contributed by atoms with Gasteiger partial charge in [0.1, 0.15) is 42.7 Å². The number of hydrogen-bond acceptors (Lipinski definition) is 11. The summed E-state index contributed by atoms with van der Waals surface area (Å²) >= 11 is 0. The van der Waals surface area contributed by atoms with Crippen molar-refractivity contribution in [2.24, 2.45) is 0 Å². The van der Waals surface area contributed by atoms with E-state index in [1.54, 1.807) is 0 Å². The molecule has 0 aromatic rings. The van der Waals surface area contributed by atoms with Crippen LogP contribution in [0.1, 0.15) is 13.8 Å². The van der Waals surface area contributed by atoms with Crippen LogP contribution in [0.25, 0.3) is 0 Å². The van der Waals surface area contributed by atoms with Crippen LogP contribution >= 0.6 is 0 Å². The Morgan fingerprint density at radius 3 is 2.10 bits per heavy atom. The lowest BCUT2D eigenvalue weighted by Crippen LogP contribution is -2.66. The van der Waals surface area contributed by atoms with E-state index in [2.05, 4.69) is 10.6 Å². The first-order valence-electron chi connectivity index (χ1n) is 8.97. The SMILES string of the molecule is CC(=O)N[C@H]1[C@H](O[C@@H]([C@@H](O)[C@H](O)CO)[C@H](CO)NC(C)=O)O[C@H](CO)[C@H](O)[C@@H]1O. The molecule has 0 aromatic heterocycles. The van der Waals surface area contributed by atoms with Crippen LogP contribution in [0, 0.1) is 0 Å². The third kappa shape index (κ3) is 6.80. The summed E-state index contributed by atoms with van der Waals surface area (Å²) in [5.41, 5.74) is 0. The van der Waals surface area contributed by atoms with Crippen molar-refractivity contribution in [3.05, 3.63) is 0 Å². The van der Waals surface area contributed by atoms with Gasteiger partial charge in [0.05, 0.1) is 25.9 Å². The van der Waals surface area contributed by atoms with Crippen molar-refractivity contribution in [1.82, 2.24) is 10.6 Å². The molecule has 0 unspecified atom stereocenters. The molecule has 0 aliphatic carbocycles. The zero-order valence-corrected chi connectivity index (χ0v) is 16.1. The number of carbonyl (C=O) groups excluding carboxylic acids is 2. The van der Waals surface area contributed by atoms with Crippen LogP contribution in [0.15, 0.2) is 0 Å². The van der Waals surface area contributed by atoms with Crippen molar-refractivity contribution < 1.29 is 54.8 Å². The van der Waals surface area contributed by atoms with Gasteiger partial charge in [-0.3, -0.25) is 9.59 Å². The Balaban J connectivity index is 3.21. The maximum atomic E-state index is 11.5. The van der Waals surface area contributed by atoms with Gasteiger partial charge in [0.2, 0.25) is 11.8 Å². The highest BCUT2D eigenvalue weighted by atomic mass is 16.7. The van der Waals surface area contributed by atoms with E-state index in [9.17, 15) is 40.2 Å². The van der Waals surface area contributed by atoms with Gasteiger partial charge < -0.3 is 55.9 Å². The molecule has 0 bridgehead atoms. The Morgan fingerprint density at radius 1 is 1.03 bits per heavy atom. The average Bonchev–Trinajstić information content (AvgIpc) is 2.67. The molecular weight excluding hydrogens is 396 g/mol. The maximum Gasteiger partial charge on any atom is 0.217 e. The molecule has 9 atom stereocenters. The molecule has 13 heteroatoms. The molecule has 9 N–H and O–H groups in total. The molecule has 1 fully saturated rings. The van der Waals surface area contributed by atoms with Crippen LogP contribution in [0.2, 0.25) is 0 Å². The third-order valence-electron chi connectivity index (χ3n) is 4.44. The van der Waals surface area contributed by atoms with Crippen LogP contribution in [-0.4, -0.2) is 122 Å². The Kier molecular flexibility index (Phi) is 10.3. The molecule has 170 valence electrons. The van der Waals surface area contributed by atoms with Gasteiger partial charge in [0.25, 0.3) is 0 Å². The van der Waals surface area contributed by atoms with Gasteiger partial charge in [-0.15, -0.1) is 0 Å². The van der Waals surface area contributed by atoms with Crippen molar-refractivity contribution in [3.8, 4) is 0 Å². The fourth-order valence-corrected chi connectivity index (χ4v) is 2.97.